The molecule has 17 heavy (non-hydrogen) atoms. The molecule has 0 unspecified atom stereocenters. The Morgan fingerprint density at radius 1 is 1.47 bits per heavy atom. The van der Waals surface area contributed by atoms with Crippen LogP contribution in [-0.4, -0.2) is 16.9 Å². The molecular weight excluding hydrogens is 282 g/mol. The number of halogens is 1. The van der Waals surface area contributed by atoms with Gasteiger partial charge in [-0.1, -0.05) is 15.9 Å². The molecule has 5 heteroatoms. The first-order chi connectivity index (χ1) is 8.19. The maximum atomic E-state index is 5.31. The van der Waals surface area contributed by atoms with Crippen LogP contribution in [0.3, 0.4) is 0 Å². The molecule has 2 rings (SSSR count). The third kappa shape index (κ3) is 3.00. The quantitative estimate of drug-likeness (QED) is 0.943. The zero-order chi connectivity index (χ0) is 12.3. The molecule has 1 N–H and O–H groups in total. The molecule has 1 aromatic carbocycles. The van der Waals surface area contributed by atoms with Crippen LogP contribution in [-0.2, 0) is 13.6 Å². The number of methoxy groups -OCH3 is 1. The van der Waals surface area contributed by atoms with Crippen molar-refractivity contribution in [3.63, 3.8) is 0 Å². The number of aromatic nitrogens is 2. The predicted octanol–water partition coefficient (Wildman–Crippen LogP) is 2.80. The summed E-state index contributed by atoms with van der Waals surface area (Å²) in [6.07, 6.45) is 3.73. The van der Waals surface area contributed by atoms with Crippen molar-refractivity contribution >= 4 is 21.6 Å². The molecule has 4 nitrogen and oxygen atoms in total. The second-order valence-corrected chi connectivity index (χ2v) is 4.63. The predicted molar refractivity (Wildman–Crippen MR) is 71.2 cm³/mol. The lowest BCUT2D eigenvalue weighted by atomic mass is 10.2. The molecule has 0 aliphatic carbocycles. The topological polar surface area (TPSA) is 39.1 Å². The molecule has 1 aromatic heterocycles. The number of ether oxygens (including phenoxy) is 1. The molecule has 0 spiro atoms. The summed E-state index contributed by atoms with van der Waals surface area (Å²) >= 11 is 3.46. The van der Waals surface area contributed by atoms with Crippen molar-refractivity contribution in [2.75, 3.05) is 12.4 Å². The molecule has 0 aliphatic heterocycles. The normalized spacial score (nSPS) is 10.3. The summed E-state index contributed by atoms with van der Waals surface area (Å²) in [5.41, 5.74) is 2.10. The van der Waals surface area contributed by atoms with E-state index in [4.69, 9.17) is 4.74 Å². The van der Waals surface area contributed by atoms with E-state index in [1.165, 1.54) is 0 Å². The number of nitrogens with one attached hydrogen (secondary N) is 1. The Bertz CT molecular complexity index is 510. The highest BCUT2D eigenvalue weighted by Crippen LogP contribution is 2.23. The van der Waals surface area contributed by atoms with Gasteiger partial charge in [0.05, 0.1) is 19.0 Å². The van der Waals surface area contributed by atoms with Crippen LogP contribution in [0.2, 0.25) is 0 Å². The molecule has 0 saturated carbocycles. The minimum absolute atomic E-state index is 0.703. The van der Waals surface area contributed by atoms with E-state index in [0.29, 0.717) is 6.54 Å². The lowest BCUT2D eigenvalue weighted by Crippen LogP contribution is -2.01. The number of nitrogens with zero attached hydrogens (tertiary/aromatic N) is 2. The maximum Gasteiger partial charge on any atom is 0.123 e. The van der Waals surface area contributed by atoms with Crippen LogP contribution in [0.1, 0.15) is 5.56 Å². The van der Waals surface area contributed by atoms with Crippen LogP contribution in [0, 0.1) is 0 Å². The van der Waals surface area contributed by atoms with Gasteiger partial charge in [0.25, 0.3) is 0 Å². The highest BCUT2D eigenvalue weighted by atomic mass is 79.9. The summed E-state index contributed by atoms with van der Waals surface area (Å²) in [6, 6.07) is 5.96. The van der Waals surface area contributed by atoms with Gasteiger partial charge in [-0.05, 0) is 18.2 Å². The first-order valence-corrected chi connectivity index (χ1v) is 6.03. The van der Waals surface area contributed by atoms with Crippen molar-refractivity contribution in [2.45, 2.75) is 6.54 Å². The van der Waals surface area contributed by atoms with Crippen LogP contribution in [0.5, 0.6) is 5.75 Å². The second-order valence-electron chi connectivity index (χ2n) is 3.71. The van der Waals surface area contributed by atoms with Crippen LogP contribution >= 0.6 is 15.9 Å². The second kappa shape index (κ2) is 5.23. The van der Waals surface area contributed by atoms with Crippen LogP contribution in [0.4, 0.5) is 5.69 Å². The Hall–Kier alpha value is -1.49. The fraction of sp³-hybridized carbons (Fsp3) is 0.250. The molecule has 0 fully saturated rings. The number of benzene rings is 1. The van der Waals surface area contributed by atoms with Crippen molar-refractivity contribution in [3.8, 4) is 5.75 Å². The van der Waals surface area contributed by atoms with Gasteiger partial charge in [-0.15, -0.1) is 0 Å². The van der Waals surface area contributed by atoms with Crippen LogP contribution in [0.15, 0.2) is 35.1 Å². The summed E-state index contributed by atoms with van der Waals surface area (Å²) in [5, 5.41) is 7.40. The Kier molecular flexibility index (Phi) is 3.68. The van der Waals surface area contributed by atoms with Gasteiger partial charge >= 0.3 is 0 Å². The van der Waals surface area contributed by atoms with Crippen molar-refractivity contribution in [1.82, 2.24) is 9.78 Å². The monoisotopic (exact) mass is 295 g/mol. The lowest BCUT2D eigenvalue weighted by molar-refractivity contribution is 0.410. The van der Waals surface area contributed by atoms with Crippen molar-refractivity contribution in [3.05, 3.63) is 40.6 Å². The van der Waals surface area contributed by atoms with Crippen molar-refractivity contribution in [2.24, 2.45) is 7.05 Å². The number of aryl methyl sites for hydroxylation is 1. The van der Waals surface area contributed by atoms with Gasteiger partial charge in [-0.25, -0.2) is 0 Å². The molecule has 90 valence electrons. The molecule has 0 atom stereocenters. The zero-order valence-corrected chi connectivity index (χ0v) is 11.4. The lowest BCUT2D eigenvalue weighted by Gasteiger charge is -2.09. The molecule has 2 aromatic rings. The van der Waals surface area contributed by atoms with Gasteiger partial charge in [0, 0.05) is 29.8 Å². The van der Waals surface area contributed by atoms with E-state index in [9.17, 15) is 0 Å². The van der Waals surface area contributed by atoms with Gasteiger partial charge in [-0.3, -0.25) is 4.68 Å². The molecule has 0 radical (unpaired) electrons. The van der Waals surface area contributed by atoms with Gasteiger partial charge in [0.1, 0.15) is 5.75 Å². The Labute approximate surface area is 109 Å². The van der Waals surface area contributed by atoms with E-state index in [2.05, 4.69) is 26.3 Å². The minimum Gasteiger partial charge on any atom is -0.496 e. The van der Waals surface area contributed by atoms with Gasteiger partial charge in [0.2, 0.25) is 0 Å². The standard InChI is InChI=1S/C12H14BrN3O/c1-16-8-11(7-15-16)14-6-9-5-10(13)3-4-12(9)17-2/h3-5,7-8,14H,6H2,1-2H3. The van der Waals surface area contributed by atoms with E-state index in [1.54, 1.807) is 18.0 Å². The Balaban J connectivity index is 2.10. The summed E-state index contributed by atoms with van der Waals surface area (Å²) in [4.78, 5) is 0. The summed E-state index contributed by atoms with van der Waals surface area (Å²) in [7, 11) is 3.57. The van der Waals surface area contributed by atoms with Crippen LogP contribution in [0.25, 0.3) is 0 Å². The smallest absolute Gasteiger partial charge is 0.123 e. The van der Waals surface area contributed by atoms with E-state index in [1.807, 2.05) is 31.4 Å². The third-order valence-electron chi connectivity index (χ3n) is 2.43. The van der Waals surface area contributed by atoms with Crippen LogP contribution < -0.4 is 10.1 Å². The third-order valence-corrected chi connectivity index (χ3v) is 2.92. The van der Waals surface area contributed by atoms with E-state index >= 15 is 0 Å². The maximum absolute atomic E-state index is 5.31. The molecule has 0 aliphatic rings. The largest absolute Gasteiger partial charge is 0.496 e. The fourth-order valence-electron chi connectivity index (χ4n) is 1.60. The Morgan fingerprint density at radius 3 is 2.94 bits per heavy atom. The number of hydrogen-bond acceptors (Lipinski definition) is 3. The minimum atomic E-state index is 0.703. The molecule has 0 bridgehead atoms. The molecule has 1 heterocycles. The highest BCUT2D eigenvalue weighted by molar-refractivity contribution is 9.10. The summed E-state index contributed by atoms with van der Waals surface area (Å²) in [6.45, 7) is 0.703. The van der Waals surface area contributed by atoms with Crippen molar-refractivity contribution < 1.29 is 4.74 Å². The van der Waals surface area contributed by atoms with Gasteiger partial charge in [-0.2, -0.15) is 5.10 Å². The number of hydrogen-bond donors (Lipinski definition) is 1. The summed E-state index contributed by atoms with van der Waals surface area (Å²) in [5.74, 6) is 0.879. The van der Waals surface area contributed by atoms with E-state index in [-0.39, 0.29) is 0 Å². The number of anilines is 1. The van der Waals surface area contributed by atoms with E-state index in [0.717, 1.165) is 21.5 Å². The Morgan fingerprint density at radius 2 is 2.29 bits per heavy atom. The molecule has 0 amide bonds. The molecule has 0 saturated heterocycles. The first-order valence-electron chi connectivity index (χ1n) is 5.24. The first kappa shape index (κ1) is 12.0. The highest BCUT2D eigenvalue weighted by Gasteiger charge is 2.04. The van der Waals surface area contributed by atoms with E-state index < -0.39 is 0 Å². The zero-order valence-electron chi connectivity index (χ0n) is 9.77. The average Bonchev–Trinajstić information content (AvgIpc) is 2.73. The van der Waals surface area contributed by atoms with Crippen molar-refractivity contribution in [1.29, 1.82) is 0 Å². The van der Waals surface area contributed by atoms with Gasteiger partial charge in [0.15, 0.2) is 0 Å². The molecular formula is C12H14BrN3O. The number of rotatable bonds is 4. The SMILES string of the molecule is COc1ccc(Br)cc1CNc1cnn(C)c1. The summed E-state index contributed by atoms with van der Waals surface area (Å²) < 4.78 is 8.12. The average molecular weight is 296 g/mol. The van der Waals surface area contributed by atoms with Gasteiger partial charge < -0.3 is 10.1 Å². The fourth-order valence-corrected chi connectivity index (χ4v) is 2.00.